The molecule has 1 aliphatic carbocycles. The summed E-state index contributed by atoms with van der Waals surface area (Å²) in [6.07, 6.45) is 3.90. The minimum atomic E-state index is -0.531. The van der Waals surface area contributed by atoms with Crippen LogP contribution in [-0.2, 0) is 11.3 Å². The summed E-state index contributed by atoms with van der Waals surface area (Å²) in [5.74, 6) is 0.951. The van der Waals surface area contributed by atoms with Gasteiger partial charge in [0, 0.05) is 18.5 Å². The normalized spacial score (nSPS) is 13.9. The van der Waals surface area contributed by atoms with Crippen molar-refractivity contribution in [2.24, 2.45) is 0 Å². The Morgan fingerprint density at radius 1 is 1.33 bits per heavy atom. The summed E-state index contributed by atoms with van der Waals surface area (Å²) in [6.45, 7) is 1.77. The van der Waals surface area contributed by atoms with Gasteiger partial charge in [-0.1, -0.05) is 30.3 Å². The highest BCUT2D eigenvalue weighted by Crippen LogP contribution is 2.35. The van der Waals surface area contributed by atoms with E-state index in [1.54, 1.807) is 13.3 Å². The summed E-state index contributed by atoms with van der Waals surface area (Å²) in [6, 6.07) is 9.81. The number of carbonyl (C=O) groups excluding carboxylic acids is 1. The molecule has 3 aromatic rings. The molecule has 0 radical (unpaired) electrons. The van der Waals surface area contributed by atoms with Gasteiger partial charge in [0.25, 0.3) is 0 Å². The van der Waals surface area contributed by atoms with E-state index in [1.807, 2.05) is 34.9 Å². The first kappa shape index (κ1) is 14.6. The van der Waals surface area contributed by atoms with E-state index in [2.05, 4.69) is 15.2 Å². The fraction of sp³-hybridized carbons (Fsp3) is 0.294. The Bertz CT molecular complexity index is 865. The standard InChI is InChI=1S/C17H16N4O3/c1-11-19-15(16(24-11)12-5-3-2-4-6-12)17(22)23-9-14-20-18-10-21(14)13-7-8-13/h2-6,10,13H,7-9H2,1H3. The van der Waals surface area contributed by atoms with Crippen molar-refractivity contribution in [2.75, 3.05) is 0 Å². The van der Waals surface area contributed by atoms with E-state index in [4.69, 9.17) is 9.15 Å². The van der Waals surface area contributed by atoms with Crippen molar-refractivity contribution in [3.8, 4) is 11.3 Å². The summed E-state index contributed by atoms with van der Waals surface area (Å²) in [5, 5.41) is 7.91. The number of carbonyl (C=O) groups is 1. The minimum absolute atomic E-state index is 0.0650. The Morgan fingerprint density at radius 3 is 2.88 bits per heavy atom. The quantitative estimate of drug-likeness (QED) is 0.671. The number of hydrogen-bond donors (Lipinski definition) is 0. The molecule has 0 spiro atoms. The van der Waals surface area contributed by atoms with Crippen LogP contribution in [-0.4, -0.2) is 25.7 Å². The van der Waals surface area contributed by atoms with Gasteiger partial charge >= 0.3 is 5.97 Å². The highest BCUT2D eigenvalue weighted by atomic mass is 16.5. The fourth-order valence-electron chi connectivity index (χ4n) is 2.58. The first-order chi connectivity index (χ1) is 11.7. The third kappa shape index (κ3) is 2.80. The molecule has 0 amide bonds. The number of ether oxygens (including phenoxy) is 1. The van der Waals surface area contributed by atoms with Gasteiger partial charge in [0.15, 0.2) is 29.8 Å². The molecule has 1 aliphatic rings. The van der Waals surface area contributed by atoms with Crippen LogP contribution in [0.1, 0.15) is 41.1 Å². The third-order valence-corrected chi connectivity index (χ3v) is 3.88. The van der Waals surface area contributed by atoms with Crippen molar-refractivity contribution in [1.82, 2.24) is 19.7 Å². The molecular weight excluding hydrogens is 308 g/mol. The van der Waals surface area contributed by atoms with Crippen LogP contribution in [0.4, 0.5) is 0 Å². The van der Waals surface area contributed by atoms with Crippen LogP contribution < -0.4 is 0 Å². The maximum Gasteiger partial charge on any atom is 0.361 e. The molecule has 0 saturated heterocycles. The molecule has 24 heavy (non-hydrogen) atoms. The van der Waals surface area contributed by atoms with Crippen LogP contribution in [0.5, 0.6) is 0 Å². The van der Waals surface area contributed by atoms with E-state index in [-0.39, 0.29) is 12.3 Å². The number of esters is 1. The zero-order valence-corrected chi connectivity index (χ0v) is 13.2. The highest BCUT2D eigenvalue weighted by molar-refractivity contribution is 5.93. The maximum atomic E-state index is 12.4. The van der Waals surface area contributed by atoms with Gasteiger partial charge < -0.3 is 13.7 Å². The van der Waals surface area contributed by atoms with Gasteiger partial charge in [-0.05, 0) is 12.8 Å². The van der Waals surface area contributed by atoms with E-state index in [0.717, 1.165) is 18.4 Å². The van der Waals surface area contributed by atoms with Crippen LogP contribution in [0.15, 0.2) is 41.1 Å². The maximum absolute atomic E-state index is 12.4. The van der Waals surface area contributed by atoms with Crippen molar-refractivity contribution in [3.05, 3.63) is 54.1 Å². The highest BCUT2D eigenvalue weighted by Gasteiger charge is 2.27. The predicted octanol–water partition coefficient (Wildman–Crippen LogP) is 2.93. The molecule has 0 unspecified atom stereocenters. The molecule has 7 nitrogen and oxygen atoms in total. The minimum Gasteiger partial charge on any atom is -0.453 e. The molecule has 0 bridgehead atoms. The summed E-state index contributed by atoms with van der Waals surface area (Å²) < 4.78 is 12.9. The molecule has 1 aromatic carbocycles. The zero-order valence-electron chi connectivity index (χ0n) is 13.2. The molecule has 0 N–H and O–H groups in total. The number of oxazole rings is 1. The summed E-state index contributed by atoms with van der Waals surface area (Å²) >= 11 is 0. The van der Waals surface area contributed by atoms with Crippen molar-refractivity contribution in [1.29, 1.82) is 0 Å². The topological polar surface area (TPSA) is 83.0 Å². The summed E-state index contributed by atoms with van der Waals surface area (Å²) in [5.41, 5.74) is 0.961. The molecule has 122 valence electrons. The second kappa shape index (κ2) is 5.92. The lowest BCUT2D eigenvalue weighted by Gasteiger charge is -2.06. The monoisotopic (exact) mass is 324 g/mol. The summed E-state index contributed by atoms with van der Waals surface area (Å²) in [4.78, 5) is 16.6. The third-order valence-electron chi connectivity index (χ3n) is 3.88. The Kier molecular flexibility index (Phi) is 3.60. The molecule has 2 heterocycles. The van der Waals surface area contributed by atoms with E-state index in [9.17, 15) is 4.79 Å². The smallest absolute Gasteiger partial charge is 0.361 e. The van der Waals surface area contributed by atoms with Crippen LogP contribution in [0.3, 0.4) is 0 Å². The Balaban J connectivity index is 1.53. The van der Waals surface area contributed by atoms with Crippen LogP contribution in [0, 0.1) is 6.92 Å². The summed E-state index contributed by atoms with van der Waals surface area (Å²) in [7, 11) is 0. The number of benzene rings is 1. The lowest BCUT2D eigenvalue weighted by Crippen LogP contribution is -2.10. The number of aryl methyl sites for hydroxylation is 1. The average molecular weight is 324 g/mol. The van der Waals surface area contributed by atoms with Gasteiger partial charge in [0.05, 0.1) is 0 Å². The van der Waals surface area contributed by atoms with Crippen molar-refractivity contribution >= 4 is 5.97 Å². The van der Waals surface area contributed by atoms with Crippen molar-refractivity contribution < 1.29 is 13.9 Å². The zero-order chi connectivity index (χ0) is 16.5. The van der Waals surface area contributed by atoms with E-state index in [0.29, 0.717) is 23.5 Å². The lowest BCUT2D eigenvalue weighted by molar-refractivity contribution is 0.0451. The number of nitrogens with zero attached hydrogens (tertiary/aromatic N) is 4. The number of rotatable bonds is 5. The molecule has 7 heteroatoms. The van der Waals surface area contributed by atoms with Crippen LogP contribution >= 0.6 is 0 Å². The first-order valence-corrected chi connectivity index (χ1v) is 7.80. The van der Waals surface area contributed by atoms with Crippen molar-refractivity contribution in [3.63, 3.8) is 0 Å². The molecule has 0 aliphatic heterocycles. The molecule has 0 atom stereocenters. The van der Waals surface area contributed by atoms with Gasteiger partial charge in [0.2, 0.25) is 0 Å². The largest absolute Gasteiger partial charge is 0.453 e. The van der Waals surface area contributed by atoms with Crippen LogP contribution in [0.25, 0.3) is 11.3 Å². The molecular formula is C17H16N4O3. The van der Waals surface area contributed by atoms with Crippen molar-refractivity contribution in [2.45, 2.75) is 32.4 Å². The van der Waals surface area contributed by atoms with Gasteiger partial charge in [-0.25, -0.2) is 9.78 Å². The predicted molar refractivity (Wildman–Crippen MR) is 84.1 cm³/mol. The lowest BCUT2D eigenvalue weighted by atomic mass is 10.1. The van der Waals surface area contributed by atoms with Crippen LogP contribution in [0.2, 0.25) is 0 Å². The number of hydrogen-bond acceptors (Lipinski definition) is 6. The molecule has 2 aromatic heterocycles. The van der Waals surface area contributed by atoms with Gasteiger partial charge in [-0.3, -0.25) is 0 Å². The first-order valence-electron chi connectivity index (χ1n) is 7.80. The van der Waals surface area contributed by atoms with Gasteiger partial charge in [-0.15, -0.1) is 10.2 Å². The second-order valence-corrected chi connectivity index (χ2v) is 5.74. The van der Waals surface area contributed by atoms with E-state index < -0.39 is 5.97 Å². The van der Waals surface area contributed by atoms with Gasteiger partial charge in [0.1, 0.15) is 6.33 Å². The molecule has 1 saturated carbocycles. The Hall–Kier alpha value is -2.96. The molecule has 4 rings (SSSR count). The van der Waals surface area contributed by atoms with E-state index in [1.165, 1.54) is 0 Å². The SMILES string of the molecule is Cc1nc(C(=O)OCc2nncn2C2CC2)c(-c2ccccc2)o1. The molecule has 1 fully saturated rings. The van der Waals surface area contributed by atoms with E-state index >= 15 is 0 Å². The Labute approximate surface area is 138 Å². The number of aromatic nitrogens is 4. The van der Waals surface area contributed by atoms with Gasteiger partial charge in [-0.2, -0.15) is 0 Å². The Morgan fingerprint density at radius 2 is 2.12 bits per heavy atom. The second-order valence-electron chi connectivity index (χ2n) is 5.74. The average Bonchev–Trinajstić information content (AvgIpc) is 3.20. The fourth-order valence-corrected chi connectivity index (χ4v) is 2.58.